The molecular weight excluding hydrogens is 498 g/mol. The molecule has 0 radical (unpaired) electrons. The van der Waals surface area contributed by atoms with Gasteiger partial charge < -0.3 is 18.9 Å². The summed E-state index contributed by atoms with van der Waals surface area (Å²) in [5.41, 5.74) is -3.29. The summed E-state index contributed by atoms with van der Waals surface area (Å²) >= 11 is 5.82. The number of anilines is 1. The minimum atomic E-state index is -5.11. The van der Waals surface area contributed by atoms with E-state index in [0.29, 0.717) is 5.56 Å². The van der Waals surface area contributed by atoms with Gasteiger partial charge in [0.1, 0.15) is 13.0 Å². The van der Waals surface area contributed by atoms with Gasteiger partial charge >= 0.3 is 19.9 Å². The zero-order chi connectivity index (χ0) is 25.4. The van der Waals surface area contributed by atoms with Crippen LogP contribution in [0.1, 0.15) is 25.0 Å². The van der Waals surface area contributed by atoms with Crippen molar-refractivity contribution in [1.29, 1.82) is 0 Å². The normalized spacial score (nSPS) is 18.6. The molecule has 0 saturated carbocycles. The van der Waals surface area contributed by atoms with Crippen molar-refractivity contribution in [2.24, 2.45) is 0 Å². The maximum absolute atomic E-state index is 13.9. The molecule has 34 heavy (non-hydrogen) atoms. The smallest absolute Gasteiger partial charge is 0.415 e. The molecule has 0 aliphatic carbocycles. The van der Waals surface area contributed by atoms with E-state index in [-0.39, 0.29) is 17.3 Å². The highest BCUT2D eigenvalue weighted by Gasteiger charge is 2.62. The molecule has 2 aromatic carbocycles. The first-order chi connectivity index (χ1) is 16.0. The second-order valence-electron chi connectivity index (χ2n) is 6.56. The molecule has 1 aliphatic rings. The van der Waals surface area contributed by atoms with E-state index in [1.165, 1.54) is 12.1 Å². The van der Waals surface area contributed by atoms with E-state index in [4.69, 9.17) is 20.9 Å². The fourth-order valence-corrected chi connectivity index (χ4v) is 3.70. The fourth-order valence-electron chi connectivity index (χ4n) is 2.78. The van der Waals surface area contributed by atoms with Gasteiger partial charge in [0.15, 0.2) is 0 Å². The number of nitrogens with one attached hydrogen (secondary N) is 1. The lowest BCUT2D eigenvalue weighted by atomic mass is 9.90. The van der Waals surface area contributed by atoms with Gasteiger partial charge in [-0.05, 0) is 29.7 Å². The maximum atomic E-state index is 13.9. The molecule has 184 valence electrons. The van der Waals surface area contributed by atoms with E-state index in [1.807, 2.05) is 19.8 Å². The lowest BCUT2D eigenvalue weighted by molar-refractivity contribution is -0.239. The number of amides is 1. The van der Waals surface area contributed by atoms with Crippen LogP contribution in [0.3, 0.4) is 0 Å². The highest BCUT2D eigenvalue weighted by atomic mass is 35.5. The average Bonchev–Trinajstić information content (AvgIpc) is 2.79. The Balaban J connectivity index is 0.00000199. The van der Waals surface area contributed by atoms with Crippen LogP contribution < -0.4 is 5.32 Å². The van der Waals surface area contributed by atoms with Crippen molar-refractivity contribution in [3.8, 4) is 11.8 Å². The zero-order valence-electron chi connectivity index (χ0n) is 18.2. The number of rotatable bonds is 6. The van der Waals surface area contributed by atoms with Crippen molar-refractivity contribution in [2.45, 2.75) is 32.2 Å². The summed E-state index contributed by atoms with van der Waals surface area (Å²) < 4.78 is 68.2. The predicted molar refractivity (Wildman–Crippen MR) is 120 cm³/mol. The third kappa shape index (κ3) is 6.98. The van der Waals surface area contributed by atoms with Crippen LogP contribution in [0.15, 0.2) is 48.5 Å². The zero-order valence-corrected chi connectivity index (χ0v) is 19.8. The Hall–Kier alpha value is -2.54. The Morgan fingerprint density at radius 1 is 1.21 bits per heavy atom. The highest BCUT2D eigenvalue weighted by molar-refractivity contribution is 7.52. The highest BCUT2D eigenvalue weighted by Crippen LogP contribution is 2.48. The molecule has 1 heterocycles. The van der Waals surface area contributed by atoms with Gasteiger partial charge in [0.05, 0.1) is 12.3 Å². The standard InChI is InChI=1S/C20H16ClF3NO6P.C2H6/c21-15-7-8-17-16(11-15)19(20(22,23)24,31-18(26)25-17)9-4-10-29-13-32(27,28)30-12-14-5-2-1-3-6-14;1-2/h1-3,5-8,11H,10,12-13H2,(H,25,26)(H,27,28);1-2H3/t19-;/m0./s1. The van der Waals surface area contributed by atoms with Crippen molar-refractivity contribution >= 4 is 31.0 Å². The van der Waals surface area contributed by atoms with Crippen LogP contribution in [0, 0.1) is 11.8 Å². The van der Waals surface area contributed by atoms with Crippen LogP contribution in [0.25, 0.3) is 0 Å². The summed E-state index contributed by atoms with van der Waals surface area (Å²) in [6, 6.07) is 12.1. The quantitative estimate of drug-likeness (QED) is 0.273. The molecule has 1 amide bonds. The number of carbonyl (C=O) groups excluding carboxylic acids is 1. The molecule has 2 N–H and O–H groups in total. The Labute approximate surface area is 199 Å². The second-order valence-corrected chi connectivity index (χ2v) is 8.79. The maximum Gasteiger partial charge on any atom is 0.445 e. The monoisotopic (exact) mass is 519 g/mol. The van der Waals surface area contributed by atoms with Gasteiger partial charge in [0.2, 0.25) is 0 Å². The van der Waals surface area contributed by atoms with E-state index in [1.54, 1.807) is 30.3 Å². The number of alkyl halides is 3. The van der Waals surface area contributed by atoms with Crippen molar-refractivity contribution in [3.05, 3.63) is 64.7 Å². The number of fused-ring (bicyclic) bond motifs is 1. The minimum absolute atomic E-state index is 0.0213. The summed E-state index contributed by atoms with van der Waals surface area (Å²) in [6.45, 7) is 3.19. The first-order valence-corrected chi connectivity index (χ1v) is 12.1. The van der Waals surface area contributed by atoms with Gasteiger partial charge in [0.25, 0.3) is 5.60 Å². The molecule has 0 bridgehead atoms. The lowest BCUT2D eigenvalue weighted by Crippen LogP contribution is -2.49. The molecule has 12 heteroatoms. The Kier molecular flexibility index (Phi) is 9.56. The summed E-state index contributed by atoms with van der Waals surface area (Å²) in [5.74, 6) is 3.98. The van der Waals surface area contributed by atoms with Crippen molar-refractivity contribution in [1.82, 2.24) is 0 Å². The molecular formula is C22H22ClF3NO6P. The number of benzene rings is 2. The Bertz CT molecular complexity index is 1100. The third-order valence-corrected chi connectivity index (χ3v) is 5.49. The van der Waals surface area contributed by atoms with E-state index < -0.39 is 44.0 Å². The van der Waals surface area contributed by atoms with Gasteiger partial charge in [-0.15, -0.1) is 0 Å². The molecule has 1 aliphatic heterocycles. The molecule has 0 fully saturated rings. The second kappa shape index (κ2) is 11.7. The molecule has 1 unspecified atom stereocenters. The van der Waals surface area contributed by atoms with E-state index in [0.717, 1.165) is 6.07 Å². The van der Waals surface area contributed by atoms with Gasteiger partial charge in [0, 0.05) is 10.6 Å². The molecule has 3 rings (SSSR count). The molecule has 7 nitrogen and oxygen atoms in total. The lowest BCUT2D eigenvalue weighted by Gasteiger charge is -2.35. The van der Waals surface area contributed by atoms with Crippen LogP contribution >= 0.6 is 19.2 Å². The van der Waals surface area contributed by atoms with Crippen LogP contribution in [-0.4, -0.2) is 30.1 Å². The van der Waals surface area contributed by atoms with E-state index in [9.17, 15) is 27.4 Å². The van der Waals surface area contributed by atoms with Crippen LogP contribution in [0.4, 0.5) is 23.7 Å². The number of ether oxygens (including phenoxy) is 2. The summed E-state index contributed by atoms with van der Waals surface area (Å²) in [7, 11) is -4.17. The Morgan fingerprint density at radius 2 is 1.88 bits per heavy atom. The fraction of sp³-hybridized carbons (Fsp3) is 0.318. The molecule has 2 aromatic rings. The van der Waals surface area contributed by atoms with Crippen LogP contribution in [0.2, 0.25) is 5.02 Å². The predicted octanol–water partition coefficient (Wildman–Crippen LogP) is 6.07. The van der Waals surface area contributed by atoms with Crippen molar-refractivity contribution < 1.29 is 41.4 Å². The van der Waals surface area contributed by atoms with Crippen molar-refractivity contribution in [3.63, 3.8) is 0 Å². The summed E-state index contributed by atoms with van der Waals surface area (Å²) in [6.07, 6.45) is -7.25. The number of carbonyl (C=O) groups is 1. The first kappa shape index (κ1) is 27.7. The SMILES string of the molecule is CC.O=C1Nc2ccc(Cl)cc2[C@@](C#CCOCP(=O)(O)OCc2ccccc2)(C(F)(F)F)O1. The molecule has 0 saturated heterocycles. The Morgan fingerprint density at radius 3 is 2.53 bits per heavy atom. The van der Waals surface area contributed by atoms with Crippen molar-refractivity contribution in [2.75, 3.05) is 18.3 Å². The van der Waals surface area contributed by atoms with Gasteiger partial charge in [-0.2, -0.15) is 13.2 Å². The van der Waals surface area contributed by atoms with Gasteiger partial charge in [-0.3, -0.25) is 9.88 Å². The molecule has 0 spiro atoms. The summed E-state index contributed by atoms with van der Waals surface area (Å²) in [5, 5.41) is 2.14. The topological polar surface area (TPSA) is 94.1 Å². The first-order valence-electron chi connectivity index (χ1n) is 9.97. The number of hydrogen-bond acceptors (Lipinski definition) is 5. The number of halogens is 4. The number of cyclic esters (lactones) is 1. The van der Waals surface area contributed by atoms with E-state index in [2.05, 4.69) is 16.0 Å². The minimum Gasteiger partial charge on any atom is -0.415 e. The van der Waals surface area contributed by atoms with Crippen LogP contribution in [-0.2, 0) is 30.8 Å². The van der Waals surface area contributed by atoms with E-state index >= 15 is 0 Å². The third-order valence-electron chi connectivity index (χ3n) is 4.21. The summed E-state index contributed by atoms with van der Waals surface area (Å²) in [4.78, 5) is 21.5. The van der Waals surface area contributed by atoms with Crippen LogP contribution in [0.5, 0.6) is 0 Å². The van der Waals surface area contributed by atoms with Gasteiger partial charge in [-0.1, -0.05) is 61.7 Å². The molecule has 0 aromatic heterocycles. The largest absolute Gasteiger partial charge is 0.445 e. The number of hydrogen-bond donors (Lipinski definition) is 2. The van der Waals surface area contributed by atoms with Gasteiger partial charge in [-0.25, -0.2) is 4.79 Å². The molecule has 2 atom stereocenters. The average molecular weight is 520 g/mol.